The lowest BCUT2D eigenvalue weighted by Crippen LogP contribution is -2.32. The van der Waals surface area contributed by atoms with E-state index in [4.69, 9.17) is 4.74 Å². The van der Waals surface area contributed by atoms with E-state index < -0.39 is 0 Å². The second-order valence-corrected chi connectivity index (χ2v) is 6.13. The van der Waals surface area contributed by atoms with E-state index in [-0.39, 0.29) is 11.9 Å². The maximum Gasteiger partial charge on any atom is 0.227 e. The fourth-order valence-electron chi connectivity index (χ4n) is 3.41. The first-order chi connectivity index (χ1) is 11.2. The van der Waals surface area contributed by atoms with Crippen LogP contribution in [0.25, 0.3) is 0 Å². The van der Waals surface area contributed by atoms with E-state index in [2.05, 4.69) is 31.2 Å². The van der Waals surface area contributed by atoms with Gasteiger partial charge in [0.25, 0.3) is 0 Å². The largest absolute Gasteiger partial charge is 0.497 e. The van der Waals surface area contributed by atoms with Crippen molar-refractivity contribution in [2.75, 3.05) is 13.7 Å². The van der Waals surface area contributed by atoms with Crippen molar-refractivity contribution >= 4 is 5.91 Å². The van der Waals surface area contributed by atoms with Gasteiger partial charge < -0.3 is 9.64 Å². The molecular formula is C20H23NO2. The van der Waals surface area contributed by atoms with Gasteiger partial charge in [0.1, 0.15) is 5.75 Å². The average molecular weight is 309 g/mol. The highest BCUT2D eigenvalue weighted by Crippen LogP contribution is 2.34. The molecule has 1 atom stereocenters. The van der Waals surface area contributed by atoms with Crippen LogP contribution in [-0.4, -0.2) is 24.5 Å². The lowest BCUT2D eigenvalue weighted by atomic mass is 9.99. The summed E-state index contributed by atoms with van der Waals surface area (Å²) in [5, 5.41) is 0. The maximum absolute atomic E-state index is 12.8. The van der Waals surface area contributed by atoms with E-state index in [1.54, 1.807) is 7.11 Å². The molecule has 0 unspecified atom stereocenters. The van der Waals surface area contributed by atoms with E-state index in [9.17, 15) is 4.79 Å². The fraction of sp³-hybridized carbons (Fsp3) is 0.350. The highest BCUT2D eigenvalue weighted by Gasteiger charge is 2.30. The van der Waals surface area contributed by atoms with Gasteiger partial charge in [-0.15, -0.1) is 0 Å². The van der Waals surface area contributed by atoms with E-state index >= 15 is 0 Å². The van der Waals surface area contributed by atoms with Gasteiger partial charge in [0.15, 0.2) is 0 Å². The zero-order valence-electron chi connectivity index (χ0n) is 13.8. The number of carbonyl (C=O) groups is 1. The predicted molar refractivity (Wildman–Crippen MR) is 91.6 cm³/mol. The zero-order valence-corrected chi connectivity index (χ0v) is 13.8. The Labute approximate surface area is 137 Å². The molecule has 1 amide bonds. The third-order valence-electron chi connectivity index (χ3n) is 4.61. The number of amides is 1. The summed E-state index contributed by atoms with van der Waals surface area (Å²) in [6.45, 7) is 2.97. The Morgan fingerprint density at radius 1 is 1.22 bits per heavy atom. The van der Waals surface area contributed by atoms with Gasteiger partial charge in [0.05, 0.1) is 19.6 Å². The van der Waals surface area contributed by atoms with Crippen molar-refractivity contribution in [1.82, 2.24) is 4.90 Å². The van der Waals surface area contributed by atoms with Crippen molar-refractivity contribution in [1.29, 1.82) is 0 Å². The normalized spacial score (nSPS) is 17.3. The van der Waals surface area contributed by atoms with Crippen molar-refractivity contribution < 1.29 is 9.53 Å². The Balaban J connectivity index is 1.77. The molecule has 3 rings (SSSR count). The highest BCUT2D eigenvalue weighted by atomic mass is 16.5. The standard InChI is InChI=1S/C20H23NO2/c1-15-7-3-4-10-18(15)19-11-6-12-21(19)20(22)14-16-8-5-9-17(13-16)23-2/h3-5,7-10,13,19H,6,11-12,14H2,1-2H3/t19-/m1/s1. The molecule has 0 radical (unpaired) electrons. The summed E-state index contributed by atoms with van der Waals surface area (Å²) >= 11 is 0. The monoisotopic (exact) mass is 309 g/mol. The molecule has 3 heteroatoms. The molecule has 2 aromatic carbocycles. The van der Waals surface area contributed by atoms with Crippen molar-refractivity contribution in [2.24, 2.45) is 0 Å². The van der Waals surface area contributed by atoms with E-state index in [0.29, 0.717) is 6.42 Å². The molecule has 0 aliphatic carbocycles. The lowest BCUT2D eigenvalue weighted by molar-refractivity contribution is -0.131. The smallest absolute Gasteiger partial charge is 0.227 e. The molecule has 0 bridgehead atoms. The van der Waals surface area contributed by atoms with Crippen LogP contribution >= 0.6 is 0 Å². The molecule has 0 spiro atoms. The number of nitrogens with zero attached hydrogens (tertiary/aromatic N) is 1. The number of methoxy groups -OCH3 is 1. The number of benzene rings is 2. The van der Waals surface area contributed by atoms with Crippen LogP contribution in [0.15, 0.2) is 48.5 Å². The van der Waals surface area contributed by atoms with Gasteiger partial charge in [-0.3, -0.25) is 4.79 Å². The first kappa shape index (κ1) is 15.6. The molecule has 3 nitrogen and oxygen atoms in total. The van der Waals surface area contributed by atoms with Crippen molar-refractivity contribution in [3.8, 4) is 5.75 Å². The lowest BCUT2D eigenvalue weighted by Gasteiger charge is -2.26. The van der Waals surface area contributed by atoms with Crippen molar-refractivity contribution in [3.05, 3.63) is 65.2 Å². The number of carbonyl (C=O) groups excluding carboxylic acids is 1. The van der Waals surface area contributed by atoms with Crippen LogP contribution in [0.3, 0.4) is 0 Å². The summed E-state index contributed by atoms with van der Waals surface area (Å²) in [4.78, 5) is 14.8. The first-order valence-corrected chi connectivity index (χ1v) is 8.17. The van der Waals surface area contributed by atoms with Crippen LogP contribution in [0, 0.1) is 6.92 Å². The maximum atomic E-state index is 12.8. The van der Waals surface area contributed by atoms with Gasteiger partial charge in [0, 0.05) is 6.54 Å². The molecule has 1 aliphatic rings. The molecule has 0 aromatic heterocycles. The summed E-state index contributed by atoms with van der Waals surface area (Å²) < 4.78 is 5.24. The molecular weight excluding hydrogens is 286 g/mol. The Kier molecular flexibility index (Phi) is 4.65. The predicted octanol–water partition coefficient (Wildman–Crippen LogP) is 3.91. The molecule has 23 heavy (non-hydrogen) atoms. The first-order valence-electron chi connectivity index (χ1n) is 8.17. The van der Waals surface area contributed by atoms with Gasteiger partial charge >= 0.3 is 0 Å². The molecule has 2 aromatic rings. The highest BCUT2D eigenvalue weighted by molar-refractivity contribution is 5.79. The minimum absolute atomic E-state index is 0.198. The van der Waals surface area contributed by atoms with Gasteiger partial charge in [-0.25, -0.2) is 0 Å². The van der Waals surface area contributed by atoms with E-state index in [1.807, 2.05) is 29.2 Å². The molecule has 1 fully saturated rings. The van der Waals surface area contributed by atoms with Crippen molar-refractivity contribution in [2.45, 2.75) is 32.2 Å². The summed E-state index contributed by atoms with van der Waals surface area (Å²) in [5.74, 6) is 0.996. The number of aryl methyl sites for hydroxylation is 1. The van der Waals surface area contributed by atoms with Crippen LogP contribution in [0.5, 0.6) is 5.75 Å². The number of likely N-dealkylation sites (tertiary alicyclic amines) is 1. The number of rotatable bonds is 4. The van der Waals surface area contributed by atoms with Gasteiger partial charge in [-0.2, -0.15) is 0 Å². The van der Waals surface area contributed by atoms with Crippen molar-refractivity contribution in [3.63, 3.8) is 0 Å². The van der Waals surface area contributed by atoms with Crippen LogP contribution in [0.2, 0.25) is 0 Å². The summed E-state index contributed by atoms with van der Waals surface area (Å²) in [7, 11) is 1.65. The Bertz CT molecular complexity index is 696. The Hall–Kier alpha value is -2.29. The summed E-state index contributed by atoms with van der Waals surface area (Å²) in [6, 6.07) is 16.4. The van der Waals surface area contributed by atoms with Gasteiger partial charge in [-0.1, -0.05) is 36.4 Å². The van der Waals surface area contributed by atoms with E-state index in [0.717, 1.165) is 30.7 Å². The second kappa shape index (κ2) is 6.86. The SMILES string of the molecule is COc1cccc(CC(=O)N2CCC[C@@H]2c2ccccc2C)c1. The van der Waals surface area contributed by atoms with Crippen LogP contribution in [0.1, 0.15) is 35.6 Å². The summed E-state index contributed by atoms with van der Waals surface area (Å²) in [6.07, 6.45) is 2.55. The van der Waals surface area contributed by atoms with Gasteiger partial charge in [0.2, 0.25) is 5.91 Å². The molecule has 1 aliphatic heterocycles. The third kappa shape index (κ3) is 3.39. The molecule has 1 saturated heterocycles. The molecule has 120 valence electrons. The third-order valence-corrected chi connectivity index (χ3v) is 4.61. The van der Waals surface area contributed by atoms with Crippen LogP contribution in [0.4, 0.5) is 0 Å². The van der Waals surface area contributed by atoms with E-state index in [1.165, 1.54) is 11.1 Å². The van der Waals surface area contributed by atoms with Gasteiger partial charge in [-0.05, 0) is 48.6 Å². The van der Waals surface area contributed by atoms with Crippen LogP contribution < -0.4 is 4.74 Å². The Morgan fingerprint density at radius 3 is 2.83 bits per heavy atom. The minimum atomic E-state index is 0.198. The molecule has 0 N–H and O–H groups in total. The zero-order chi connectivity index (χ0) is 16.2. The second-order valence-electron chi connectivity index (χ2n) is 6.13. The summed E-state index contributed by atoms with van der Waals surface area (Å²) in [5.41, 5.74) is 3.55. The molecule has 0 saturated carbocycles. The number of hydrogen-bond acceptors (Lipinski definition) is 2. The fourth-order valence-corrected chi connectivity index (χ4v) is 3.41. The minimum Gasteiger partial charge on any atom is -0.497 e. The quantitative estimate of drug-likeness (QED) is 0.857. The average Bonchev–Trinajstić information content (AvgIpc) is 3.05. The Morgan fingerprint density at radius 2 is 2.04 bits per heavy atom. The topological polar surface area (TPSA) is 29.5 Å². The number of hydrogen-bond donors (Lipinski definition) is 0. The number of ether oxygens (including phenoxy) is 1. The molecule has 1 heterocycles. The van der Waals surface area contributed by atoms with Crippen LogP contribution in [-0.2, 0) is 11.2 Å².